The van der Waals surface area contributed by atoms with Crippen LogP contribution in [0.2, 0.25) is 0 Å². The quantitative estimate of drug-likeness (QED) is 0.699. The summed E-state index contributed by atoms with van der Waals surface area (Å²) in [5, 5.41) is 9.63. The largest absolute Gasteiger partial charge is 0.277 e. The summed E-state index contributed by atoms with van der Waals surface area (Å²) < 4.78 is 0. The van der Waals surface area contributed by atoms with Gasteiger partial charge in [-0.15, -0.1) is 0 Å². The minimum Gasteiger partial charge on any atom is -0.274 e. The SMILES string of the molecule is CON(C)C(=O)c1ccc(CC#N)cc1. The number of carbonyl (C=O) groups is 1. The molecule has 1 amide bonds. The highest BCUT2D eigenvalue weighted by Gasteiger charge is 2.10. The van der Waals surface area contributed by atoms with Crippen LogP contribution in [-0.2, 0) is 11.3 Å². The molecule has 0 radical (unpaired) electrons. The van der Waals surface area contributed by atoms with E-state index < -0.39 is 0 Å². The van der Waals surface area contributed by atoms with Crippen molar-refractivity contribution >= 4 is 5.91 Å². The Morgan fingerprint density at radius 3 is 2.53 bits per heavy atom. The van der Waals surface area contributed by atoms with Gasteiger partial charge in [-0.25, -0.2) is 5.06 Å². The van der Waals surface area contributed by atoms with E-state index in [1.807, 2.05) is 6.07 Å². The van der Waals surface area contributed by atoms with Crippen LogP contribution < -0.4 is 0 Å². The fourth-order valence-corrected chi connectivity index (χ4v) is 1.12. The number of rotatable bonds is 3. The number of carbonyl (C=O) groups excluding carboxylic acids is 1. The zero-order chi connectivity index (χ0) is 11.3. The zero-order valence-corrected chi connectivity index (χ0v) is 8.73. The van der Waals surface area contributed by atoms with Crippen molar-refractivity contribution in [2.75, 3.05) is 14.2 Å². The third-order valence-corrected chi connectivity index (χ3v) is 2.04. The molecule has 1 aromatic rings. The summed E-state index contributed by atoms with van der Waals surface area (Å²) in [5.41, 5.74) is 1.44. The van der Waals surface area contributed by atoms with Crippen molar-refractivity contribution in [1.82, 2.24) is 5.06 Å². The van der Waals surface area contributed by atoms with Crippen molar-refractivity contribution in [3.63, 3.8) is 0 Å². The molecule has 0 aromatic heterocycles. The third-order valence-electron chi connectivity index (χ3n) is 2.04. The predicted octanol–water partition coefficient (Wildman–Crippen LogP) is 1.39. The molecule has 0 heterocycles. The zero-order valence-electron chi connectivity index (χ0n) is 8.73. The molecule has 1 rings (SSSR count). The first-order valence-electron chi connectivity index (χ1n) is 4.47. The molecular weight excluding hydrogens is 192 g/mol. The van der Waals surface area contributed by atoms with Crippen LogP contribution in [0.5, 0.6) is 0 Å². The number of nitriles is 1. The topological polar surface area (TPSA) is 53.3 Å². The lowest BCUT2D eigenvalue weighted by atomic mass is 10.1. The van der Waals surface area contributed by atoms with Gasteiger partial charge in [0, 0.05) is 12.6 Å². The molecule has 0 bridgehead atoms. The highest BCUT2D eigenvalue weighted by Crippen LogP contribution is 2.07. The second-order valence-electron chi connectivity index (χ2n) is 3.02. The summed E-state index contributed by atoms with van der Waals surface area (Å²) in [7, 11) is 2.98. The Bertz CT molecular complexity index is 379. The van der Waals surface area contributed by atoms with Crippen molar-refractivity contribution in [3.05, 3.63) is 35.4 Å². The maximum Gasteiger partial charge on any atom is 0.277 e. The van der Waals surface area contributed by atoms with Crippen LogP contribution in [-0.4, -0.2) is 25.1 Å². The second kappa shape index (κ2) is 5.13. The average Bonchev–Trinajstić information content (AvgIpc) is 2.28. The average molecular weight is 204 g/mol. The number of nitrogens with zero attached hydrogens (tertiary/aromatic N) is 2. The third kappa shape index (κ3) is 2.79. The summed E-state index contributed by atoms with van der Waals surface area (Å²) in [6.07, 6.45) is 0.356. The molecule has 78 valence electrons. The van der Waals surface area contributed by atoms with Crippen LogP contribution in [0.1, 0.15) is 15.9 Å². The number of amides is 1. The van der Waals surface area contributed by atoms with Crippen molar-refractivity contribution < 1.29 is 9.63 Å². The van der Waals surface area contributed by atoms with E-state index >= 15 is 0 Å². The number of hydrogen-bond acceptors (Lipinski definition) is 3. The minimum atomic E-state index is -0.207. The first-order valence-corrected chi connectivity index (χ1v) is 4.47. The molecule has 0 aliphatic carbocycles. The Morgan fingerprint density at radius 2 is 2.07 bits per heavy atom. The van der Waals surface area contributed by atoms with Gasteiger partial charge in [0.1, 0.15) is 0 Å². The van der Waals surface area contributed by atoms with Gasteiger partial charge in [-0.1, -0.05) is 12.1 Å². The number of hydrogen-bond donors (Lipinski definition) is 0. The molecule has 0 aliphatic rings. The molecule has 1 aromatic carbocycles. The van der Waals surface area contributed by atoms with Gasteiger partial charge in [0.05, 0.1) is 19.6 Å². The van der Waals surface area contributed by atoms with Gasteiger partial charge in [-0.3, -0.25) is 9.63 Å². The Kier molecular flexibility index (Phi) is 3.83. The highest BCUT2D eigenvalue weighted by atomic mass is 16.7. The van der Waals surface area contributed by atoms with Gasteiger partial charge < -0.3 is 0 Å². The highest BCUT2D eigenvalue weighted by molar-refractivity contribution is 5.93. The lowest BCUT2D eigenvalue weighted by Gasteiger charge is -2.13. The summed E-state index contributed by atoms with van der Waals surface area (Å²) >= 11 is 0. The molecule has 4 nitrogen and oxygen atoms in total. The first kappa shape index (κ1) is 11.2. The van der Waals surface area contributed by atoms with Crippen molar-refractivity contribution in [2.24, 2.45) is 0 Å². The van der Waals surface area contributed by atoms with Crippen LogP contribution in [0.4, 0.5) is 0 Å². The van der Waals surface area contributed by atoms with Crippen LogP contribution in [0.25, 0.3) is 0 Å². The van der Waals surface area contributed by atoms with Crippen LogP contribution in [0.3, 0.4) is 0 Å². The van der Waals surface area contributed by atoms with Gasteiger partial charge in [0.15, 0.2) is 0 Å². The first-order chi connectivity index (χ1) is 7.19. The van der Waals surface area contributed by atoms with E-state index in [0.717, 1.165) is 10.6 Å². The fourth-order valence-electron chi connectivity index (χ4n) is 1.12. The van der Waals surface area contributed by atoms with Gasteiger partial charge in [0.25, 0.3) is 5.91 Å². The predicted molar refractivity (Wildman–Crippen MR) is 54.9 cm³/mol. The smallest absolute Gasteiger partial charge is 0.274 e. The van der Waals surface area contributed by atoms with Crippen molar-refractivity contribution in [1.29, 1.82) is 5.26 Å². The number of hydroxylamine groups is 2. The molecule has 0 atom stereocenters. The van der Waals surface area contributed by atoms with Gasteiger partial charge in [-0.2, -0.15) is 5.26 Å². The molecule has 0 saturated heterocycles. The number of benzene rings is 1. The van der Waals surface area contributed by atoms with E-state index in [0.29, 0.717) is 12.0 Å². The lowest BCUT2D eigenvalue weighted by Crippen LogP contribution is -2.25. The van der Waals surface area contributed by atoms with Gasteiger partial charge in [-0.05, 0) is 17.7 Å². The van der Waals surface area contributed by atoms with E-state index in [-0.39, 0.29) is 5.91 Å². The Balaban J connectivity index is 2.81. The Morgan fingerprint density at radius 1 is 1.47 bits per heavy atom. The van der Waals surface area contributed by atoms with Crippen LogP contribution in [0.15, 0.2) is 24.3 Å². The van der Waals surface area contributed by atoms with E-state index in [1.54, 1.807) is 31.3 Å². The molecule has 0 spiro atoms. The molecule has 15 heavy (non-hydrogen) atoms. The van der Waals surface area contributed by atoms with Crippen molar-refractivity contribution in [2.45, 2.75) is 6.42 Å². The molecule has 0 saturated carbocycles. The molecular formula is C11H12N2O2. The monoisotopic (exact) mass is 204 g/mol. The minimum absolute atomic E-state index is 0.207. The standard InChI is InChI=1S/C11H12N2O2/c1-13(15-2)11(14)10-5-3-9(4-6-10)7-8-12/h3-6H,7H2,1-2H3. The van der Waals surface area contributed by atoms with Gasteiger partial charge in [0.2, 0.25) is 0 Å². The molecule has 4 heteroatoms. The van der Waals surface area contributed by atoms with E-state index in [9.17, 15) is 4.79 Å². The van der Waals surface area contributed by atoms with E-state index in [4.69, 9.17) is 10.1 Å². The maximum atomic E-state index is 11.6. The Hall–Kier alpha value is -1.86. The van der Waals surface area contributed by atoms with Crippen LogP contribution in [0, 0.1) is 11.3 Å². The molecule has 0 fully saturated rings. The van der Waals surface area contributed by atoms with Gasteiger partial charge >= 0.3 is 0 Å². The Labute approximate surface area is 88.6 Å². The van der Waals surface area contributed by atoms with E-state index in [1.165, 1.54) is 7.11 Å². The molecule has 0 aliphatic heterocycles. The summed E-state index contributed by atoms with van der Waals surface area (Å²) in [4.78, 5) is 16.4. The van der Waals surface area contributed by atoms with E-state index in [2.05, 4.69) is 0 Å². The summed E-state index contributed by atoms with van der Waals surface area (Å²) in [6, 6.07) is 8.94. The van der Waals surface area contributed by atoms with Crippen LogP contribution >= 0.6 is 0 Å². The fraction of sp³-hybridized carbons (Fsp3) is 0.273. The van der Waals surface area contributed by atoms with Crippen molar-refractivity contribution in [3.8, 4) is 6.07 Å². The maximum absolute atomic E-state index is 11.6. The molecule has 0 unspecified atom stereocenters. The molecule has 0 N–H and O–H groups in total. The summed E-state index contributed by atoms with van der Waals surface area (Å²) in [6.45, 7) is 0. The normalized spacial score (nSPS) is 9.40. The summed E-state index contributed by atoms with van der Waals surface area (Å²) in [5.74, 6) is -0.207. The second-order valence-corrected chi connectivity index (χ2v) is 3.02. The lowest BCUT2D eigenvalue weighted by molar-refractivity contribution is -0.0756.